The Kier molecular flexibility index (Phi) is 4.38. The number of hydrogen-bond acceptors (Lipinski definition) is 4. The highest BCUT2D eigenvalue weighted by atomic mass is 19.1. The molecule has 3 rings (SSSR count). The van der Waals surface area contributed by atoms with Crippen LogP contribution in [0.3, 0.4) is 0 Å². The average Bonchev–Trinajstić information content (AvgIpc) is 2.62. The lowest BCUT2D eigenvalue weighted by molar-refractivity contribution is 0.102. The number of rotatable bonds is 4. The minimum Gasteiger partial charge on any atom is -0.497 e. The van der Waals surface area contributed by atoms with E-state index in [1.165, 1.54) is 38.6 Å². The smallest absolute Gasteiger partial charge is 0.261 e. The predicted octanol–water partition coefficient (Wildman–Crippen LogP) is 2.94. The molecule has 7 heteroatoms. The van der Waals surface area contributed by atoms with Crippen LogP contribution in [-0.4, -0.2) is 25.1 Å². The quantitative estimate of drug-likeness (QED) is 0.764. The number of hydrogen-bond donors (Lipinski definition) is 2. The molecule has 2 aromatic carbocycles. The summed E-state index contributed by atoms with van der Waals surface area (Å²) in [6.45, 7) is 0. The van der Waals surface area contributed by atoms with Crippen LogP contribution >= 0.6 is 0 Å². The molecule has 0 aliphatic carbocycles. The maximum absolute atomic E-state index is 13.7. The molecular weight excluding hydrogens is 327 g/mol. The van der Waals surface area contributed by atoms with E-state index in [1.807, 2.05) is 0 Å². The molecule has 0 unspecified atom stereocenters. The lowest BCUT2D eigenvalue weighted by Gasteiger charge is -2.10. The average molecular weight is 342 g/mol. The first-order valence-electron chi connectivity index (χ1n) is 7.38. The number of H-pyrrole nitrogens is 1. The second kappa shape index (κ2) is 6.64. The molecule has 128 valence electrons. The molecule has 2 N–H and O–H groups in total. The zero-order valence-corrected chi connectivity index (χ0v) is 13.6. The number of methoxy groups -OCH3 is 2. The van der Waals surface area contributed by atoms with Crippen molar-refractivity contribution < 1.29 is 18.7 Å². The second-order valence-corrected chi connectivity index (χ2v) is 5.25. The van der Waals surface area contributed by atoms with Crippen molar-refractivity contribution in [3.8, 4) is 11.5 Å². The monoisotopic (exact) mass is 342 g/mol. The van der Waals surface area contributed by atoms with Crippen LogP contribution in [0.25, 0.3) is 10.9 Å². The number of halogens is 1. The van der Waals surface area contributed by atoms with Gasteiger partial charge in [-0.3, -0.25) is 9.59 Å². The first kappa shape index (κ1) is 16.5. The highest BCUT2D eigenvalue weighted by Gasteiger charge is 2.15. The molecule has 0 radical (unpaired) electrons. The number of aromatic amines is 1. The largest absolute Gasteiger partial charge is 0.497 e. The molecule has 0 aliphatic rings. The number of carbonyl (C=O) groups is 1. The third kappa shape index (κ3) is 3.16. The minimum atomic E-state index is -0.622. The van der Waals surface area contributed by atoms with Crippen molar-refractivity contribution in [1.82, 2.24) is 4.98 Å². The summed E-state index contributed by atoms with van der Waals surface area (Å²) >= 11 is 0. The van der Waals surface area contributed by atoms with Gasteiger partial charge in [-0.1, -0.05) is 6.07 Å². The van der Waals surface area contributed by atoms with Crippen LogP contribution in [0, 0.1) is 5.82 Å². The number of amides is 1. The standard InChI is InChI=1S/C18H15FN2O4/c1-24-11-6-10(7-12(8-11)25-2)21-18(23)14-9-20-16-13(17(14)22)4-3-5-15(16)19/h3-9H,1-2H3,(H,20,22)(H,21,23). The molecule has 1 amide bonds. The molecule has 1 aromatic heterocycles. The van der Waals surface area contributed by atoms with Gasteiger partial charge in [0.25, 0.3) is 5.91 Å². The van der Waals surface area contributed by atoms with Crippen molar-refractivity contribution in [3.05, 3.63) is 64.2 Å². The number of aromatic nitrogens is 1. The number of pyridine rings is 1. The Hall–Kier alpha value is -3.35. The Bertz CT molecular complexity index is 991. The fourth-order valence-electron chi connectivity index (χ4n) is 2.46. The number of anilines is 1. The van der Waals surface area contributed by atoms with Crippen LogP contribution in [0.5, 0.6) is 11.5 Å². The molecule has 0 saturated carbocycles. The molecule has 25 heavy (non-hydrogen) atoms. The number of nitrogens with one attached hydrogen (secondary N) is 2. The van der Waals surface area contributed by atoms with Crippen LogP contribution in [-0.2, 0) is 0 Å². The van der Waals surface area contributed by atoms with Gasteiger partial charge in [0.2, 0.25) is 5.43 Å². The normalized spacial score (nSPS) is 10.5. The van der Waals surface area contributed by atoms with Crippen LogP contribution in [0.4, 0.5) is 10.1 Å². The number of fused-ring (bicyclic) bond motifs is 1. The summed E-state index contributed by atoms with van der Waals surface area (Å²) in [5, 5.41) is 2.72. The maximum Gasteiger partial charge on any atom is 0.261 e. The summed E-state index contributed by atoms with van der Waals surface area (Å²) in [7, 11) is 2.98. The summed E-state index contributed by atoms with van der Waals surface area (Å²) in [5.74, 6) is -0.199. The highest BCUT2D eigenvalue weighted by molar-refractivity contribution is 6.05. The van der Waals surface area contributed by atoms with Gasteiger partial charge in [-0.2, -0.15) is 0 Å². The number of benzene rings is 2. The van der Waals surface area contributed by atoms with Crippen molar-refractivity contribution in [2.45, 2.75) is 0 Å². The van der Waals surface area contributed by atoms with E-state index in [-0.39, 0.29) is 16.5 Å². The van der Waals surface area contributed by atoms with Crippen LogP contribution in [0.2, 0.25) is 0 Å². The molecule has 0 aliphatic heterocycles. The maximum atomic E-state index is 13.7. The lowest BCUT2D eigenvalue weighted by Crippen LogP contribution is -2.22. The van der Waals surface area contributed by atoms with Crippen molar-refractivity contribution in [2.75, 3.05) is 19.5 Å². The predicted molar refractivity (Wildman–Crippen MR) is 92.0 cm³/mol. The first-order chi connectivity index (χ1) is 12.0. The summed E-state index contributed by atoms with van der Waals surface area (Å²) < 4.78 is 24.0. The Morgan fingerprint density at radius 1 is 1.12 bits per heavy atom. The second-order valence-electron chi connectivity index (χ2n) is 5.25. The Balaban J connectivity index is 1.98. The zero-order chi connectivity index (χ0) is 18.0. The molecule has 3 aromatic rings. The lowest BCUT2D eigenvalue weighted by atomic mass is 10.1. The molecular formula is C18H15FN2O4. The third-order valence-electron chi connectivity index (χ3n) is 3.72. The van der Waals surface area contributed by atoms with E-state index in [0.717, 1.165) is 0 Å². The molecule has 0 atom stereocenters. The molecule has 0 spiro atoms. The molecule has 0 bridgehead atoms. The Morgan fingerprint density at radius 3 is 2.44 bits per heavy atom. The molecule has 6 nitrogen and oxygen atoms in total. The molecule has 1 heterocycles. The van der Waals surface area contributed by atoms with E-state index in [0.29, 0.717) is 17.2 Å². The van der Waals surface area contributed by atoms with E-state index in [4.69, 9.17) is 9.47 Å². The molecule has 0 saturated heterocycles. The van der Waals surface area contributed by atoms with Gasteiger partial charge in [-0.25, -0.2) is 4.39 Å². The third-order valence-corrected chi connectivity index (χ3v) is 3.72. The van der Waals surface area contributed by atoms with Crippen molar-refractivity contribution in [2.24, 2.45) is 0 Å². The number of para-hydroxylation sites is 1. The van der Waals surface area contributed by atoms with Crippen molar-refractivity contribution in [1.29, 1.82) is 0 Å². The van der Waals surface area contributed by atoms with Crippen molar-refractivity contribution in [3.63, 3.8) is 0 Å². The van der Waals surface area contributed by atoms with E-state index < -0.39 is 17.2 Å². The van der Waals surface area contributed by atoms with E-state index in [1.54, 1.807) is 18.2 Å². The number of carbonyl (C=O) groups excluding carboxylic acids is 1. The van der Waals surface area contributed by atoms with Crippen molar-refractivity contribution >= 4 is 22.5 Å². The fourth-order valence-corrected chi connectivity index (χ4v) is 2.46. The van der Waals surface area contributed by atoms with Crippen LogP contribution < -0.4 is 20.2 Å². The SMILES string of the molecule is COc1cc(NC(=O)c2c[nH]c3c(F)cccc3c2=O)cc(OC)c1. The van der Waals surface area contributed by atoms with Gasteiger partial charge in [-0.15, -0.1) is 0 Å². The van der Waals surface area contributed by atoms with Gasteiger partial charge in [-0.05, 0) is 12.1 Å². The zero-order valence-electron chi connectivity index (χ0n) is 13.6. The number of ether oxygens (including phenoxy) is 2. The highest BCUT2D eigenvalue weighted by Crippen LogP contribution is 2.26. The summed E-state index contributed by atoms with van der Waals surface area (Å²) in [6, 6.07) is 8.95. The van der Waals surface area contributed by atoms with Crippen LogP contribution in [0.1, 0.15) is 10.4 Å². The summed E-state index contributed by atoms with van der Waals surface area (Å²) in [6.07, 6.45) is 1.19. The fraction of sp³-hybridized carbons (Fsp3) is 0.111. The van der Waals surface area contributed by atoms with Gasteiger partial charge in [0, 0.05) is 35.5 Å². The Morgan fingerprint density at radius 2 is 1.80 bits per heavy atom. The minimum absolute atomic E-state index is 0.0621. The summed E-state index contributed by atoms with van der Waals surface area (Å²) in [4.78, 5) is 27.6. The van der Waals surface area contributed by atoms with E-state index in [2.05, 4.69) is 10.3 Å². The molecule has 0 fully saturated rings. The van der Waals surface area contributed by atoms with Gasteiger partial charge >= 0.3 is 0 Å². The van der Waals surface area contributed by atoms with Gasteiger partial charge in [0.15, 0.2) is 0 Å². The van der Waals surface area contributed by atoms with E-state index in [9.17, 15) is 14.0 Å². The first-order valence-corrected chi connectivity index (χ1v) is 7.38. The van der Waals surface area contributed by atoms with E-state index >= 15 is 0 Å². The van der Waals surface area contributed by atoms with Gasteiger partial charge < -0.3 is 19.8 Å². The summed E-state index contributed by atoms with van der Waals surface area (Å²) in [5.41, 5.74) is -0.215. The Labute approximate surface area is 142 Å². The topological polar surface area (TPSA) is 80.4 Å². The van der Waals surface area contributed by atoms with Gasteiger partial charge in [0.05, 0.1) is 19.7 Å². The van der Waals surface area contributed by atoms with Gasteiger partial charge in [0.1, 0.15) is 22.9 Å². The van der Waals surface area contributed by atoms with Crippen LogP contribution in [0.15, 0.2) is 47.4 Å².